The van der Waals surface area contributed by atoms with Gasteiger partial charge < -0.3 is 10.1 Å². The van der Waals surface area contributed by atoms with E-state index in [1.165, 1.54) is 6.07 Å². The van der Waals surface area contributed by atoms with E-state index in [2.05, 4.69) is 5.32 Å². The number of amides is 1. The average molecular weight is 316 g/mol. The van der Waals surface area contributed by atoms with Gasteiger partial charge in [-0.05, 0) is 0 Å². The number of nitrogens with zero attached hydrogens (tertiary/aromatic N) is 1. The Balaban J connectivity index is 2.71. The predicted octanol–water partition coefficient (Wildman–Crippen LogP) is 3.41. The van der Waals surface area contributed by atoms with E-state index < -0.39 is 10.9 Å². The van der Waals surface area contributed by atoms with Crippen molar-refractivity contribution in [3.8, 4) is 5.75 Å². The summed E-state index contributed by atoms with van der Waals surface area (Å²) < 4.78 is 5.20. The summed E-state index contributed by atoms with van der Waals surface area (Å²) in [5.41, 5.74) is -0.210. The van der Waals surface area contributed by atoms with Gasteiger partial charge in [0.2, 0.25) is 5.91 Å². The van der Waals surface area contributed by atoms with Crippen LogP contribution in [0.1, 0.15) is 26.7 Å². The van der Waals surface area contributed by atoms with Crippen LogP contribution in [-0.2, 0) is 9.59 Å². The summed E-state index contributed by atoms with van der Waals surface area (Å²) in [6.45, 7) is 3.29. The number of rotatable bonds is 5. The molecule has 1 amide bonds. The van der Waals surface area contributed by atoms with E-state index in [-0.39, 0.29) is 35.9 Å². The Morgan fingerprint density at radius 3 is 2.39 bits per heavy atom. The van der Waals surface area contributed by atoms with Gasteiger partial charge in [0.05, 0.1) is 11.0 Å². The van der Waals surface area contributed by atoms with E-state index in [0.29, 0.717) is 10.8 Å². The lowest BCUT2D eigenvalue weighted by Crippen LogP contribution is -2.12. The first-order valence-corrected chi connectivity index (χ1v) is 7.18. The first-order valence-electron chi connectivity index (χ1n) is 7.18. The molecule has 0 atom stereocenters. The molecule has 0 spiro atoms. The van der Waals surface area contributed by atoms with Gasteiger partial charge in [-0.3, -0.25) is 19.7 Å². The molecule has 0 radical (unpaired) electrons. The molecule has 0 aromatic heterocycles. The highest BCUT2D eigenvalue weighted by Gasteiger charge is 2.23. The molecule has 0 heterocycles. The van der Waals surface area contributed by atoms with E-state index in [0.717, 1.165) is 0 Å². The van der Waals surface area contributed by atoms with Crippen LogP contribution < -0.4 is 10.1 Å². The van der Waals surface area contributed by atoms with Crippen LogP contribution >= 0.6 is 0 Å². The third kappa shape index (κ3) is 3.45. The Morgan fingerprint density at radius 1 is 1.17 bits per heavy atom. The minimum atomic E-state index is -0.610. The first-order chi connectivity index (χ1) is 11.0. The zero-order valence-corrected chi connectivity index (χ0v) is 12.8. The van der Waals surface area contributed by atoms with Gasteiger partial charge in [-0.25, -0.2) is 0 Å². The first kappa shape index (κ1) is 16.4. The fourth-order valence-corrected chi connectivity index (χ4v) is 2.11. The molecule has 0 aliphatic heterocycles. The summed E-state index contributed by atoms with van der Waals surface area (Å²) in [4.78, 5) is 34.0. The molecule has 2 rings (SSSR count). The number of fused-ring (bicyclic) bond motifs is 1. The third-order valence-electron chi connectivity index (χ3n) is 3.28. The number of nitro groups is 1. The van der Waals surface area contributed by atoms with Crippen LogP contribution in [-0.4, -0.2) is 16.8 Å². The van der Waals surface area contributed by atoms with Gasteiger partial charge in [0.15, 0.2) is 0 Å². The SMILES string of the molecule is CCC(=O)Nc1c([N+](=O)[O-])cc(OC(=O)CC)c2ccccc12. The zero-order valence-electron chi connectivity index (χ0n) is 12.8. The molecule has 0 aliphatic rings. The quantitative estimate of drug-likeness (QED) is 0.394. The molecule has 2 aromatic carbocycles. The van der Waals surface area contributed by atoms with Crippen LogP contribution in [0.3, 0.4) is 0 Å². The second-order valence-corrected chi connectivity index (χ2v) is 4.80. The van der Waals surface area contributed by atoms with Crippen molar-refractivity contribution in [1.29, 1.82) is 0 Å². The van der Waals surface area contributed by atoms with Gasteiger partial charge in [-0.15, -0.1) is 0 Å². The molecule has 120 valence electrons. The zero-order chi connectivity index (χ0) is 17.0. The summed E-state index contributed by atoms with van der Waals surface area (Å²) in [5.74, 6) is -0.722. The number of nitrogens with one attached hydrogen (secondary N) is 1. The van der Waals surface area contributed by atoms with Crippen molar-refractivity contribution < 1.29 is 19.2 Å². The highest BCUT2D eigenvalue weighted by atomic mass is 16.6. The number of ether oxygens (including phenoxy) is 1. The van der Waals surface area contributed by atoms with Crippen molar-refractivity contribution in [3.05, 3.63) is 40.4 Å². The summed E-state index contributed by atoms with van der Waals surface area (Å²) in [6.07, 6.45) is 0.342. The average Bonchev–Trinajstić information content (AvgIpc) is 2.56. The number of esters is 1. The van der Waals surface area contributed by atoms with Crippen LogP contribution in [0, 0.1) is 10.1 Å². The van der Waals surface area contributed by atoms with Gasteiger partial charge in [0.25, 0.3) is 5.69 Å². The number of hydrogen-bond acceptors (Lipinski definition) is 5. The lowest BCUT2D eigenvalue weighted by molar-refractivity contribution is -0.383. The summed E-state index contributed by atoms with van der Waals surface area (Å²) in [7, 11) is 0. The van der Waals surface area contributed by atoms with Crippen molar-refractivity contribution in [1.82, 2.24) is 0 Å². The summed E-state index contributed by atoms with van der Waals surface area (Å²) in [6, 6.07) is 7.90. The molecule has 1 N–H and O–H groups in total. The lowest BCUT2D eigenvalue weighted by atomic mass is 10.1. The maximum Gasteiger partial charge on any atom is 0.310 e. The molecule has 23 heavy (non-hydrogen) atoms. The molecule has 0 bridgehead atoms. The van der Waals surface area contributed by atoms with E-state index in [9.17, 15) is 19.7 Å². The van der Waals surface area contributed by atoms with E-state index in [1.807, 2.05) is 0 Å². The lowest BCUT2D eigenvalue weighted by Gasteiger charge is -2.12. The van der Waals surface area contributed by atoms with Crippen molar-refractivity contribution in [2.24, 2.45) is 0 Å². The fraction of sp³-hybridized carbons (Fsp3) is 0.250. The maximum absolute atomic E-state index is 11.7. The second-order valence-electron chi connectivity index (χ2n) is 4.80. The topological polar surface area (TPSA) is 98.5 Å². The minimum absolute atomic E-state index is 0.105. The van der Waals surface area contributed by atoms with Crippen molar-refractivity contribution >= 4 is 34.0 Å². The normalized spacial score (nSPS) is 10.3. The maximum atomic E-state index is 11.7. The number of carbonyl (C=O) groups excluding carboxylic acids is 2. The third-order valence-corrected chi connectivity index (χ3v) is 3.28. The Bertz CT molecular complexity index is 785. The molecule has 7 nitrogen and oxygen atoms in total. The molecule has 0 aliphatic carbocycles. The van der Waals surface area contributed by atoms with Crippen molar-refractivity contribution in [2.75, 3.05) is 5.32 Å². The Kier molecular flexibility index (Phi) is 4.90. The van der Waals surface area contributed by atoms with Crippen molar-refractivity contribution in [3.63, 3.8) is 0 Å². The van der Waals surface area contributed by atoms with Gasteiger partial charge in [-0.1, -0.05) is 38.1 Å². The molecule has 0 saturated carbocycles. The van der Waals surface area contributed by atoms with Crippen LogP contribution in [0.5, 0.6) is 5.75 Å². The minimum Gasteiger partial charge on any atom is -0.426 e. The van der Waals surface area contributed by atoms with Gasteiger partial charge >= 0.3 is 5.97 Å². The standard InChI is InChI=1S/C16H16N2O5/c1-3-14(19)17-16-11-8-6-5-7-10(11)13(23-15(20)4-2)9-12(16)18(21)22/h5-9H,3-4H2,1-2H3,(H,17,19). The Hall–Kier alpha value is -2.96. The number of hydrogen-bond donors (Lipinski definition) is 1. The molecular weight excluding hydrogens is 300 g/mol. The van der Waals surface area contributed by atoms with Crippen LogP contribution in [0.25, 0.3) is 10.8 Å². The van der Waals surface area contributed by atoms with Crippen LogP contribution in [0.15, 0.2) is 30.3 Å². The summed E-state index contributed by atoms with van der Waals surface area (Å²) >= 11 is 0. The van der Waals surface area contributed by atoms with Gasteiger partial charge in [-0.2, -0.15) is 0 Å². The van der Waals surface area contributed by atoms with Crippen LogP contribution in [0.4, 0.5) is 11.4 Å². The van der Waals surface area contributed by atoms with Crippen molar-refractivity contribution in [2.45, 2.75) is 26.7 Å². The molecule has 0 saturated heterocycles. The number of carbonyl (C=O) groups is 2. The second kappa shape index (κ2) is 6.87. The molecule has 0 fully saturated rings. The van der Waals surface area contributed by atoms with E-state index in [4.69, 9.17) is 4.74 Å². The number of benzene rings is 2. The highest BCUT2D eigenvalue weighted by molar-refractivity contribution is 6.08. The molecule has 0 unspecified atom stereocenters. The smallest absolute Gasteiger partial charge is 0.310 e. The largest absolute Gasteiger partial charge is 0.426 e. The van der Waals surface area contributed by atoms with E-state index in [1.54, 1.807) is 38.1 Å². The Labute approximate surface area is 132 Å². The molecule has 2 aromatic rings. The van der Waals surface area contributed by atoms with Gasteiger partial charge in [0.1, 0.15) is 11.4 Å². The Morgan fingerprint density at radius 2 is 1.83 bits per heavy atom. The molecule has 7 heteroatoms. The summed E-state index contributed by atoms with van der Waals surface area (Å²) in [5, 5.41) is 14.9. The highest BCUT2D eigenvalue weighted by Crippen LogP contribution is 2.39. The van der Waals surface area contributed by atoms with Gasteiger partial charge in [0, 0.05) is 23.6 Å². The molecular formula is C16H16N2O5. The number of anilines is 1. The predicted molar refractivity (Wildman–Crippen MR) is 85.4 cm³/mol. The van der Waals surface area contributed by atoms with Crippen LogP contribution in [0.2, 0.25) is 0 Å². The fourth-order valence-electron chi connectivity index (χ4n) is 2.11. The number of nitro benzene ring substituents is 1. The monoisotopic (exact) mass is 316 g/mol. The van der Waals surface area contributed by atoms with E-state index >= 15 is 0 Å².